The number of aromatic nitrogens is 2. The lowest BCUT2D eigenvalue weighted by Crippen LogP contribution is -2.25. The summed E-state index contributed by atoms with van der Waals surface area (Å²) in [6, 6.07) is 19.3. The van der Waals surface area contributed by atoms with Gasteiger partial charge in [0.2, 0.25) is 5.24 Å². The van der Waals surface area contributed by atoms with E-state index in [4.69, 9.17) is 16.7 Å². The maximum atomic E-state index is 12.9. The molecule has 3 aromatic rings. The molecule has 1 amide bonds. The Morgan fingerprint density at radius 3 is 2.30 bits per heavy atom. The molecule has 0 spiro atoms. The third-order valence-electron chi connectivity index (χ3n) is 4.23. The van der Waals surface area contributed by atoms with E-state index < -0.39 is 5.24 Å². The highest BCUT2D eigenvalue weighted by Gasteiger charge is 2.22. The van der Waals surface area contributed by atoms with Crippen LogP contribution in [0.3, 0.4) is 0 Å². The highest BCUT2D eigenvalue weighted by molar-refractivity contribution is 6.63. The summed E-state index contributed by atoms with van der Waals surface area (Å²) in [4.78, 5) is 23.7. The van der Waals surface area contributed by atoms with Gasteiger partial charge >= 0.3 is 0 Å². The molecule has 0 bridgehead atoms. The van der Waals surface area contributed by atoms with E-state index in [1.54, 1.807) is 4.68 Å². The summed E-state index contributed by atoms with van der Waals surface area (Å²) in [6.45, 7) is 2.26. The summed E-state index contributed by atoms with van der Waals surface area (Å²) in [5, 5.41) is 7.17. The van der Waals surface area contributed by atoms with Crippen molar-refractivity contribution in [2.24, 2.45) is 0 Å². The van der Waals surface area contributed by atoms with E-state index in [0.29, 0.717) is 24.2 Å². The summed E-state index contributed by atoms with van der Waals surface area (Å²) in [5.41, 5.74) is 3.67. The number of rotatable bonds is 7. The second-order valence-electron chi connectivity index (χ2n) is 6.14. The number of para-hydroxylation sites is 1. The number of nitrogens with zero attached hydrogens (tertiary/aromatic N) is 2. The lowest BCUT2D eigenvalue weighted by molar-refractivity contribution is -0.111. The number of benzene rings is 2. The van der Waals surface area contributed by atoms with Crippen molar-refractivity contribution in [3.8, 4) is 16.9 Å². The van der Waals surface area contributed by atoms with Crippen molar-refractivity contribution >= 4 is 22.8 Å². The highest BCUT2D eigenvalue weighted by Crippen LogP contribution is 2.27. The number of hydrogen-bond donors (Lipinski definition) is 1. The highest BCUT2D eigenvalue weighted by atomic mass is 35.5. The van der Waals surface area contributed by atoms with Gasteiger partial charge in [-0.05, 0) is 37.1 Å². The first kappa shape index (κ1) is 18.9. The Balaban J connectivity index is 1.96. The fourth-order valence-electron chi connectivity index (χ4n) is 2.91. The van der Waals surface area contributed by atoms with Crippen LogP contribution in [0.4, 0.5) is 0 Å². The predicted molar refractivity (Wildman–Crippen MR) is 106 cm³/mol. The molecular formula is C21H20ClN3O2. The van der Waals surface area contributed by atoms with E-state index in [0.717, 1.165) is 16.9 Å². The fraction of sp³-hybridized carbons (Fsp3) is 0.190. The SMILES string of the molecule is Cc1c(C(=O)NCCCC(=O)Cl)c(-c2ccccc2)nn1-c1ccccc1. The zero-order chi connectivity index (χ0) is 19.2. The first-order chi connectivity index (χ1) is 13.1. The first-order valence-corrected chi connectivity index (χ1v) is 9.12. The summed E-state index contributed by atoms with van der Waals surface area (Å²) in [7, 11) is 0. The average Bonchev–Trinajstić information content (AvgIpc) is 3.03. The average molecular weight is 382 g/mol. The molecule has 5 nitrogen and oxygen atoms in total. The van der Waals surface area contributed by atoms with Crippen molar-refractivity contribution in [2.75, 3.05) is 6.54 Å². The number of halogens is 1. The molecule has 0 atom stereocenters. The Labute approximate surface area is 163 Å². The van der Waals surface area contributed by atoms with Crippen molar-refractivity contribution in [2.45, 2.75) is 19.8 Å². The number of amides is 1. The summed E-state index contributed by atoms with van der Waals surface area (Å²) in [5.74, 6) is -0.212. The summed E-state index contributed by atoms with van der Waals surface area (Å²) in [6.07, 6.45) is 0.732. The molecule has 0 saturated heterocycles. The minimum atomic E-state index is -0.401. The minimum Gasteiger partial charge on any atom is -0.352 e. The molecule has 1 N–H and O–H groups in total. The summed E-state index contributed by atoms with van der Waals surface area (Å²) >= 11 is 5.35. The van der Waals surface area contributed by atoms with E-state index in [2.05, 4.69) is 5.32 Å². The normalized spacial score (nSPS) is 10.6. The molecule has 0 aliphatic carbocycles. The number of nitrogens with one attached hydrogen (secondary N) is 1. The zero-order valence-corrected chi connectivity index (χ0v) is 15.7. The predicted octanol–water partition coefficient (Wildman–Crippen LogP) is 4.12. The molecule has 1 heterocycles. The Bertz CT molecular complexity index is 937. The molecule has 138 valence electrons. The Morgan fingerprint density at radius 2 is 1.67 bits per heavy atom. The van der Waals surface area contributed by atoms with Crippen LogP contribution in [0.1, 0.15) is 28.9 Å². The van der Waals surface area contributed by atoms with Crippen LogP contribution in [-0.4, -0.2) is 27.5 Å². The molecule has 0 aliphatic heterocycles. The van der Waals surface area contributed by atoms with Crippen LogP contribution in [0.5, 0.6) is 0 Å². The lowest BCUT2D eigenvalue weighted by atomic mass is 10.1. The van der Waals surface area contributed by atoms with Gasteiger partial charge in [0, 0.05) is 18.5 Å². The van der Waals surface area contributed by atoms with E-state index in [1.807, 2.05) is 67.6 Å². The van der Waals surface area contributed by atoms with Gasteiger partial charge < -0.3 is 5.32 Å². The maximum Gasteiger partial charge on any atom is 0.255 e. The largest absolute Gasteiger partial charge is 0.352 e. The zero-order valence-electron chi connectivity index (χ0n) is 15.0. The Hall–Kier alpha value is -2.92. The Kier molecular flexibility index (Phi) is 6.04. The molecule has 6 heteroatoms. The van der Waals surface area contributed by atoms with Gasteiger partial charge in [-0.3, -0.25) is 9.59 Å². The van der Waals surface area contributed by atoms with Gasteiger partial charge in [-0.15, -0.1) is 0 Å². The van der Waals surface area contributed by atoms with Crippen LogP contribution in [0, 0.1) is 6.92 Å². The molecule has 0 unspecified atom stereocenters. The maximum absolute atomic E-state index is 12.9. The number of carbonyl (C=O) groups excluding carboxylic acids is 2. The van der Waals surface area contributed by atoms with Crippen LogP contribution < -0.4 is 5.32 Å². The van der Waals surface area contributed by atoms with Crippen molar-refractivity contribution < 1.29 is 9.59 Å². The third kappa shape index (κ3) is 4.44. The quantitative estimate of drug-likeness (QED) is 0.494. The Morgan fingerprint density at radius 1 is 1.04 bits per heavy atom. The third-order valence-corrected chi connectivity index (χ3v) is 4.42. The van der Waals surface area contributed by atoms with Crippen molar-refractivity contribution in [1.29, 1.82) is 0 Å². The number of hydrogen-bond acceptors (Lipinski definition) is 3. The van der Waals surface area contributed by atoms with Gasteiger partial charge in [0.1, 0.15) is 5.69 Å². The van der Waals surface area contributed by atoms with E-state index in [-0.39, 0.29) is 12.3 Å². The van der Waals surface area contributed by atoms with Gasteiger partial charge in [0.15, 0.2) is 0 Å². The standard InChI is InChI=1S/C21H20ClN3O2/c1-15-19(21(27)23-14-8-13-18(22)26)20(16-9-4-2-5-10-16)24-25(15)17-11-6-3-7-12-17/h2-7,9-12H,8,13-14H2,1H3,(H,23,27). The summed E-state index contributed by atoms with van der Waals surface area (Å²) < 4.78 is 1.78. The van der Waals surface area contributed by atoms with Gasteiger partial charge in [-0.25, -0.2) is 4.68 Å². The van der Waals surface area contributed by atoms with Crippen molar-refractivity contribution in [3.05, 3.63) is 71.9 Å². The monoisotopic (exact) mass is 381 g/mol. The second kappa shape index (κ2) is 8.64. The molecular weight excluding hydrogens is 362 g/mol. The molecule has 0 aliphatic rings. The van der Waals surface area contributed by atoms with Crippen LogP contribution >= 0.6 is 11.6 Å². The molecule has 0 saturated carbocycles. The molecule has 1 aromatic heterocycles. The van der Waals surface area contributed by atoms with Crippen molar-refractivity contribution in [3.63, 3.8) is 0 Å². The van der Waals surface area contributed by atoms with Gasteiger partial charge in [-0.1, -0.05) is 48.5 Å². The molecule has 27 heavy (non-hydrogen) atoms. The second-order valence-corrected chi connectivity index (χ2v) is 6.56. The number of carbonyl (C=O) groups is 2. The van der Waals surface area contributed by atoms with E-state index in [9.17, 15) is 9.59 Å². The van der Waals surface area contributed by atoms with Gasteiger partial charge in [0.05, 0.1) is 16.9 Å². The van der Waals surface area contributed by atoms with Gasteiger partial charge in [0.25, 0.3) is 5.91 Å². The smallest absolute Gasteiger partial charge is 0.255 e. The van der Waals surface area contributed by atoms with Crippen LogP contribution in [-0.2, 0) is 4.79 Å². The lowest BCUT2D eigenvalue weighted by Gasteiger charge is -2.07. The van der Waals surface area contributed by atoms with E-state index >= 15 is 0 Å². The van der Waals surface area contributed by atoms with E-state index in [1.165, 1.54) is 0 Å². The van der Waals surface area contributed by atoms with Crippen molar-refractivity contribution in [1.82, 2.24) is 15.1 Å². The molecule has 3 rings (SSSR count). The minimum absolute atomic E-state index is 0.212. The molecule has 2 aromatic carbocycles. The molecule has 0 radical (unpaired) electrons. The van der Waals surface area contributed by atoms with Crippen LogP contribution in [0.25, 0.3) is 16.9 Å². The van der Waals surface area contributed by atoms with Gasteiger partial charge in [-0.2, -0.15) is 5.10 Å². The topological polar surface area (TPSA) is 64.0 Å². The fourth-order valence-corrected chi connectivity index (χ4v) is 3.04. The molecule has 0 fully saturated rings. The van der Waals surface area contributed by atoms with Crippen LogP contribution in [0.15, 0.2) is 60.7 Å². The van der Waals surface area contributed by atoms with Crippen LogP contribution in [0.2, 0.25) is 0 Å². The first-order valence-electron chi connectivity index (χ1n) is 8.75.